The van der Waals surface area contributed by atoms with Gasteiger partial charge in [0.2, 0.25) is 0 Å². The highest BCUT2D eigenvalue weighted by molar-refractivity contribution is 4.82. The molecule has 1 N–H and O–H groups in total. The lowest BCUT2D eigenvalue weighted by atomic mass is 10.00. The first-order valence-corrected chi connectivity index (χ1v) is 10.8. The van der Waals surface area contributed by atoms with Gasteiger partial charge in [0.15, 0.2) is 0 Å². The molecule has 1 fully saturated rings. The summed E-state index contributed by atoms with van der Waals surface area (Å²) in [5.74, 6) is 0. The first kappa shape index (κ1) is 24.8. The molecule has 0 atom stereocenters. The van der Waals surface area contributed by atoms with E-state index in [1.807, 2.05) is 0 Å². The van der Waals surface area contributed by atoms with Crippen LogP contribution in [0.1, 0.15) is 53.4 Å². The number of unbranched alkanes of at least 4 members (excludes halogenated alkanes) is 1. The lowest BCUT2D eigenvalue weighted by Gasteiger charge is -2.36. The minimum atomic E-state index is 0.212. The number of ether oxygens (including phenoxy) is 4. The van der Waals surface area contributed by atoms with Gasteiger partial charge >= 0.3 is 0 Å². The Morgan fingerprint density at radius 2 is 1.26 bits per heavy atom. The van der Waals surface area contributed by atoms with Crippen LogP contribution in [-0.4, -0.2) is 89.0 Å². The molecule has 0 aromatic carbocycles. The van der Waals surface area contributed by atoms with Crippen LogP contribution >= 0.6 is 0 Å². The SMILES string of the molecule is CCCCOCCOCCOCCOCCN1CCC(NC(C)(C)C)CC1. The molecule has 0 unspecified atom stereocenters. The summed E-state index contributed by atoms with van der Waals surface area (Å²) in [6, 6.07) is 0.653. The fraction of sp³-hybridized carbons (Fsp3) is 1.00. The van der Waals surface area contributed by atoms with Crippen molar-refractivity contribution in [3.05, 3.63) is 0 Å². The number of hydrogen-bond acceptors (Lipinski definition) is 6. The molecular weight excluding hydrogens is 344 g/mol. The minimum Gasteiger partial charge on any atom is -0.379 e. The zero-order valence-corrected chi connectivity index (χ0v) is 18.3. The van der Waals surface area contributed by atoms with E-state index in [2.05, 4.69) is 37.9 Å². The molecule has 0 aromatic rings. The Labute approximate surface area is 167 Å². The standard InChI is InChI=1S/C21H44N2O4/c1-5-6-12-24-14-16-26-18-19-27-17-15-25-13-11-23-9-7-20(8-10-23)22-21(2,3)4/h20,22H,5-19H2,1-4H3. The minimum absolute atomic E-state index is 0.212. The summed E-state index contributed by atoms with van der Waals surface area (Å²) in [5.41, 5.74) is 0.212. The second kappa shape index (κ2) is 15.7. The van der Waals surface area contributed by atoms with Crippen molar-refractivity contribution >= 4 is 0 Å². The van der Waals surface area contributed by atoms with E-state index in [-0.39, 0.29) is 5.54 Å². The first-order chi connectivity index (χ1) is 13.0. The van der Waals surface area contributed by atoms with Crippen LogP contribution in [0, 0.1) is 0 Å². The Morgan fingerprint density at radius 3 is 1.74 bits per heavy atom. The third kappa shape index (κ3) is 15.4. The second-order valence-electron chi connectivity index (χ2n) is 8.31. The molecule has 1 rings (SSSR count). The van der Waals surface area contributed by atoms with Crippen molar-refractivity contribution < 1.29 is 18.9 Å². The quantitative estimate of drug-likeness (QED) is 0.410. The van der Waals surface area contributed by atoms with Crippen LogP contribution in [0.25, 0.3) is 0 Å². The molecule has 162 valence electrons. The average Bonchev–Trinajstić information content (AvgIpc) is 2.62. The summed E-state index contributed by atoms with van der Waals surface area (Å²) < 4.78 is 22.1. The summed E-state index contributed by atoms with van der Waals surface area (Å²) in [6.45, 7) is 17.7. The van der Waals surface area contributed by atoms with Crippen molar-refractivity contribution in [2.24, 2.45) is 0 Å². The van der Waals surface area contributed by atoms with E-state index in [9.17, 15) is 0 Å². The highest BCUT2D eigenvalue weighted by Gasteiger charge is 2.22. The second-order valence-corrected chi connectivity index (χ2v) is 8.31. The van der Waals surface area contributed by atoms with Gasteiger partial charge in [-0.3, -0.25) is 0 Å². The summed E-state index contributed by atoms with van der Waals surface area (Å²) in [6.07, 6.45) is 4.74. The Morgan fingerprint density at radius 1 is 0.778 bits per heavy atom. The number of piperidine rings is 1. The van der Waals surface area contributed by atoms with Crippen LogP contribution in [0.4, 0.5) is 0 Å². The van der Waals surface area contributed by atoms with Gasteiger partial charge in [-0.15, -0.1) is 0 Å². The van der Waals surface area contributed by atoms with Crippen molar-refractivity contribution in [3.8, 4) is 0 Å². The maximum absolute atomic E-state index is 5.68. The molecule has 0 spiro atoms. The fourth-order valence-electron chi connectivity index (χ4n) is 3.12. The topological polar surface area (TPSA) is 52.2 Å². The van der Waals surface area contributed by atoms with E-state index in [0.717, 1.165) is 39.3 Å². The predicted molar refractivity (Wildman–Crippen MR) is 111 cm³/mol. The maximum Gasteiger partial charge on any atom is 0.0701 e. The smallest absolute Gasteiger partial charge is 0.0701 e. The Bertz CT molecular complexity index is 329. The van der Waals surface area contributed by atoms with Crippen LogP contribution in [0.3, 0.4) is 0 Å². The summed E-state index contributed by atoms with van der Waals surface area (Å²) >= 11 is 0. The molecule has 0 amide bonds. The van der Waals surface area contributed by atoms with Gasteiger partial charge in [-0.1, -0.05) is 13.3 Å². The van der Waals surface area contributed by atoms with Gasteiger partial charge in [0.05, 0.1) is 46.2 Å². The molecule has 6 nitrogen and oxygen atoms in total. The third-order valence-corrected chi connectivity index (χ3v) is 4.53. The van der Waals surface area contributed by atoms with E-state index in [1.165, 1.54) is 19.3 Å². The van der Waals surface area contributed by atoms with Crippen molar-refractivity contribution in [2.45, 2.75) is 65.0 Å². The maximum atomic E-state index is 5.68. The van der Waals surface area contributed by atoms with Crippen LogP contribution in [0.2, 0.25) is 0 Å². The Balaban J connectivity index is 1.80. The van der Waals surface area contributed by atoms with Crippen LogP contribution < -0.4 is 5.32 Å². The molecule has 6 heteroatoms. The molecule has 1 heterocycles. The van der Waals surface area contributed by atoms with Crippen LogP contribution in [0.5, 0.6) is 0 Å². The number of hydrogen-bond donors (Lipinski definition) is 1. The van der Waals surface area contributed by atoms with E-state index >= 15 is 0 Å². The van der Waals surface area contributed by atoms with Gasteiger partial charge in [-0.2, -0.15) is 0 Å². The third-order valence-electron chi connectivity index (χ3n) is 4.53. The molecule has 1 saturated heterocycles. The summed E-state index contributed by atoms with van der Waals surface area (Å²) in [4.78, 5) is 2.50. The van der Waals surface area contributed by atoms with E-state index in [1.54, 1.807) is 0 Å². The molecule has 1 aliphatic heterocycles. The van der Waals surface area contributed by atoms with Crippen molar-refractivity contribution in [1.82, 2.24) is 10.2 Å². The molecule has 0 bridgehead atoms. The van der Waals surface area contributed by atoms with Crippen molar-refractivity contribution in [2.75, 3.05) is 72.5 Å². The zero-order valence-electron chi connectivity index (χ0n) is 18.3. The molecule has 0 aromatic heterocycles. The van der Waals surface area contributed by atoms with E-state index in [0.29, 0.717) is 45.7 Å². The van der Waals surface area contributed by atoms with Gasteiger partial charge in [0.25, 0.3) is 0 Å². The number of likely N-dealkylation sites (tertiary alicyclic amines) is 1. The van der Waals surface area contributed by atoms with Crippen LogP contribution in [-0.2, 0) is 18.9 Å². The largest absolute Gasteiger partial charge is 0.379 e. The number of nitrogens with one attached hydrogen (secondary N) is 1. The summed E-state index contributed by atoms with van der Waals surface area (Å²) in [7, 11) is 0. The number of nitrogens with zero attached hydrogens (tertiary/aromatic N) is 1. The lowest BCUT2D eigenvalue weighted by Crippen LogP contribution is -2.49. The number of rotatable bonds is 16. The molecule has 0 saturated carbocycles. The van der Waals surface area contributed by atoms with Crippen molar-refractivity contribution in [3.63, 3.8) is 0 Å². The monoisotopic (exact) mass is 388 g/mol. The van der Waals surface area contributed by atoms with Gasteiger partial charge in [-0.05, 0) is 53.1 Å². The molecule has 0 radical (unpaired) electrons. The predicted octanol–water partition coefficient (Wildman–Crippen LogP) is 2.71. The van der Waals surface area contributed by atoms with Gasteiger partial charge < -0.3 is 29.2 Å². The highest BCUT2D eigenvalue weighted by Crippen LogP contribution is 2.13. The summed E-state index contributed by atoms with van der Waals surface area (Å²) in [5, 5.41) is 3.71. The Kier molecular flexibility index (Phi) is 14.4. The van der Waals surface area contributed by atoms with Gasteiger partial charge in [-0.25, -0.2) is 0 Å². The van der Waals surface area contributed by atoms with Gasteiger partial charge in [0.1, 0.15) is 0 Å². The lowest BCUT2D eigenvalue weighted by molar-refractivity contribution is -0.00475. The molecule has 27 heavy (non-hydrogen) atoms. The molecule has 1 aliphatic rings. The fourth-order valence-corrected chi connectivity index (χ4v) is 3.12. The van der Waals surface area contributed by atoms with E-state index in [4.69, 9.17) is 18.9 Å². The van der Waals surface area contributed by atoms with Crippen molar-refractivity contribution in [1.29, 1.82) is 0 Å². The van der Waals surface area contributed by atoms with E-state index < -0.39 is 0 Å². The zero-order chi connectivity index (χ0) is 19.8. The average molecular weight is 389 g/mol. The highest BCUT2D eigenvalue weighted by atomic mass is 16.6. The first-order valence-electron chi connectivity index (χ1n) is 10.8. The molecule has 0 aliphatic carbocycles. The van der Waals surface area contributed by atoms with Crippen LogP contribution in [0.15, 0.2) is 0 Å². The Hall–Kier alpha value is -0.240. The molecular formula is C21H44N2O4. The van der Waals surface area contributed by atoms with Gasteiger partial charge in [0, 0.05) is 24.7 Å². The normalized spacial score (nSPS) is 16.9.